The van der Waals surface area contributed by atoms with E-state index in [4.69, 9.17) is 9.97 Å². The zero-order valence-electron chi connectivity index (χ0n) is 22.3. The largest absolute Gasteiger partial charge is 0.353 e. The lowest BCUT2D eigenvalue weighted by molar-refractivity contribution is 1.15. The molecule has 4 heteroatoms. The van der Waals surface area contributed by atoms with Crippen LogP contribution in [0.15, 0.2) is 115 Å². The average Bonchev–Trinajstić information content (AvgIpc) is 3.38. The molecule has 3 aromatic heterocycles. The highest BCUT2D eigenvalue weighted by Gasteiger charge is 2.21. The minimum atomic E-state index is 0.873. The molecular formula is C36H26N4. The molecule has 190 valence electrons. The fraction of sp³-hybridized carbons (Fsp3) is 0.0556. The molecule has 0 atom stereocenters. The van der Waals surface area contributed by atoms with Crippen molar-refractivity contribution in [2.24, 2.45) is 0 Å². The average molecular weight is 515 g/mol. The van der Waals surface area contributed by atoms with E-state index in [-0.39, 0.29) is 0 Å². The summed E-state index contributed by atoms with van der Waals surface area (Å²) >= 11 is 0. The monoisotopic (exact) mass is 514 g/mol. The van der Waals surface area contributed by atoms with E-state index in [9.17, 15) is 0 Å². The van der Waals surface area contributed by atoms with Crippen molar-refractivity contribution in [3.8, 4) is 33.8 Å². The Kier molecular flexibility index (Phi) is 4.92. The first-order chi connectivity index (χ1) is 19.7. The first-order valence-electron chi connectivity index (χ1n) is 13.6. The first kappa shape index (κ1) is 22.7. The molecule has 0 radical (unpaired) electrons. The van der Waals surface area contributed by atoms with Crippen LogP contribution < -0.4 is 4.90 Å². The molecule has 40 heavy (non-hydrogen) atoms. The van der Waals surface area contributed by atoms with Gasteiger partial charge in [0.15, 0.2) is 0 Å². The van der Waals surface area contributed by atoms with Gasteiger partial charge in [-0.1, -0.05) is 78.9 Å². The fourth-order valence-corrected chi connectivity index (χ4v) is 6.16. The lowest BCUT2D eigenvalue weighted by atomic mass is 10.0. The lowest BCUT2D eigenvalue weighted by Gasteiger charge is -2.28. The Labute approximate surface area is 232 Å². The number of H-pyrrole nitrogens is 1. The van der Waals surface area contributed by atoms with Crippen molar-refractivity contribution in [3.63, 3.8) is 0 Å². The Morgan fingerprint density at radius 3 is 1.85 bits per heavy atom. The summed E-state index contributed by atoms with van der Waals surface area (Å²) in [5.41, 5.74) is 12.8. The maximum Gasteiger partial charge on any atom is 0.138 e. The van der Waals surface area contributed by atoms with Gasteiger partial charge in [-0.05, 0) is 61.4 Å². The number of nitrogens with one attached hydrogen (secondary N) is 1. The molecule has 4 heterocycles. The maximum atomic E-state index is 5.31. The van der Waals surface area contributed by atoms with Crippen molar-refractivity contribution < 1.29 is 0 Å². The second-order valence-corrected chi connectivity index (χ2v) is 10.5. The van der Waals surface area contributed by atoms with E-state index in [0.29, 0.717) is 0 Å². The van der Waals surface area contributed by atoms with Gasteiger partial charge in [-0.2, -0.15) is 0 Å². The zero-order chi connectivity index (χ0) is 26.8. The van der Waals surface area contributed by atoms with Crippen LogP contribution >= 0.6 is 0 Å². The summed E-state index contributed by atoms with van der Waals surface area (Å²) in [7, 11) is 0. The van der Waals surface area contributed by atoms with Crippen LogP contribution in [0.25, 0.3) is 55.6 Å². The standard InChI is InChI=1S/C36H26N4/c1-22-9-3-10-23(2)36(22)40-25-12-4-11-24(21-25)30-17-7-18-31(37-30)28-15-5-13-26-27-14-6-16-29(35(27)39-34(26)28)32-19-8-20-33(40)38-32/h3-21,39H,1-2H3. The van der Waals surface area contributed by atoms with Gasteiger partial charge in [0.1, 0.15) is 5.82 Å². The Morgan fingerprint density at radius 1 is 0.550 bits per heavy atom. The Hall–Kier alpha value is -5.22. The summed E-state index contributed by atoms with van der Waals surface area (Å²) < 4.78 is 0. The fourth-order valence-electron chi connectivity index (χ4n) is 6.16. The Bertz CT molecular complexity index is 2080. The molecule has 4 nitrogen and oxygen atoms in total. The van der Waals surface area contributed by atoms with E-state index >= 15 is 0 Å². The summed E-state index contributed by atoms with van der Waals surface area (Å²) in [6.07, 6.45) is 0. The van der Waals surface area contributed by atoms with Crippen LogP contribution in [0.4, 0.5) is 17.2 Å². The molecule has 0 unspecified atom stereocenters. The van der Waals surface area contributed by atoms with Gasteiger partial charge in [0, 0.05) is 33.2 Å². The topological polar surface area (TPSA) is 44.8 Å². The molecule has 0 spiro atoms. The molecule has 0 amide bonds. The Balaban J connectivity index is 1.52. The number of anilines is 3. The molecule has 1 aliphatic rings. The number of hydrogen-bond acceptors (Lipinski definition) is 3. The highest BCUT2D eigenvalue weighted by molar-refractivity contribution is 6.15. The highest BCUT2D eigenvalue weighted by atomic mass is 15.2. The number of nitrogens with zero attached hydrogens (tertiary/aromatic N) is 3. The molecule has 1 aliphatic heterocycles. The van der Waals surface area contributed by atoms with Crippen molar-refractivity contribution in [1.82, 2.24) is 15.0 Å². The van der Waals surface area contributed by atoms with Gasteiger partial charge in [0.05, 0.1) is 33.8 Å². The van der Waals surface area contributed by atoms with Gasteiger partial charge in [-0.3, -0.25) is 4.90 Å². The van der Waals surface area contributed by atoms with Crippen LogP contribution in [-0.2, 0) is 0 Å². The zero-order valence-corrected chi connectivity index (χ0v) is 22.3. The molecule has 0 fully saturated rings. The predicted molar refractivity (Wildman–Crippen MR) is 165 cm³/mol. The van der Waals surface area contributed by atoms with Crippen LogP contribution in [-0.4, -0.2) is 15.0 Å². The number of fused-ring (bicyclic) bond motifs is 10. The van der Waals surface area contributed by atoms with Crippen molar-refractivity contribution in [3.05, 3.63) is 126 Å². The number of benzene rings is 4. The number of rotatable bonds is 1. The molecule has 0 saturated carbocycles. The van der Waals surface area contributed by atoms with Crippen LogP contribution in [0, 0.1) is 13.8 Å². The second-order valence-electron chi connectivity index (χ2n) is 10.5. The van der Waals surface area contributed by atoms with E-state index in [1.165, 1.54) is 21.9 Å². The number of pyridine rings is 2. The Morgan fingerprint density at radius 2 is 1.12 bits per heavy atom. The molecule has 0 saturated heterocycles. The quantitative estimate of drug-likeness (QED) is 0.237. The number of hydrogen-bond donors (Lipinski definition) is 1. The highest BCUT2D eigenvalue weighted by Crippen LogP contribution is 2.42. The van der Waals surface area contributed by atoms with Crippen molar-refractivity contribution in [2.45, 2.75) is 13.8 Å². The lowest BCUT2D eigenvalue weighted by Crippen LogP contribution is -2.14. The van der Waals surface area contributed by atoms with Gasteiger partial charge >= 0.3 is 0 Å². The predicted octanol–water partition coefficient (Wildman–Crippen LogP) is 9.51. The third-order valence-electron chi connectivity index (χ3n) is 8.00. The molecule has 8 rings (SSSR count). The van der Waals surface area contributed by atoms with Gasteiger partial charge in [-0.25, -0.2) is 9.97 Å². The molecule has 8 bridgehead atoms. The van der Waals surface area contributed by atoms with Crippen LogP contribution in [0.3, 0.4) is 0 Å². The smallest absolute Gasteiger partial charge is 0.138 e. The molecule has 7 aromatic rings. The van der Waals surface area contributed by atoms with Gasteiger partial charge < -0.3 is 4.98 Å². The molecule has 4 aromatic carbocycles. The first-order valence-corrected chi connectivity index (χ1v) is 13.6. The number of aromatic nitrogens is 3. The molecule has 0 aliphatic carbocycles. The van der Waals surface area contributed by atoms with Crippen LogP contribution in [0.2, 0.25) is 0 Å². The van der Waals surface area contributed by atoms with E-state index in [2.05, 4.69) is 139 Å². The van der Waals surface area contributed by atoms with Crippen LogP contribution in [0.1, 0.15) is 11.1 Å². The SMILES string of the molecule is Cc1cccc(C)c1N1c2cccc(c2)-c2cccc(n2)-c2cccc3c2[nH]c2c(cccc23)-c2cccc1n2. The summed E-state index contributed by atoms with van der Waals surface area (Å²) in [5.74, 6) is 0.873. The minimum absolute atomic E-state index is 0.873. The van der Waals surface area contributed by atoms with E-state index in [0.717, 1.165) is 62.0 Å². The third-order valence-corrected chi connectivity index (χ3v) is 8.00. The van der Waals surface area contributed by atoms with E-state index in [1.807, 2.05) is 0 Å². The molecular weight excluding hydrogens is 488 g/mol. The maximum absolute atomic E-state index is 5.31. The van der Waals surface area contributed by atoms with Gasteiger partial charge in [-0.15, -0.1) is 0 Å². The summed E-state index contributed by atoms with van der Waals surface area (Å²) in [6.45, 7) is 4.33. The number of aryl methyl sites for hydroxylation is 2. The van der Waals surface area contributed by atoms with E-state index in [1.54, 1.807) is 0 Å². The van der Waals surface area contributed by atoms with Crippen molar-refractivity contribution in [2.75, 3.05) is 4.90 Å². The third kappa shape index (κ3) is 3.39. The summed E-state index contributed by atoms with van der Waals surface area (Å²) in [6, 6.07) is 40.6. The van der Waals surface area contributed by atoms with Crippen molar-refractivity contribution >= 4 is 39.0 Å². The normalized spacial score (nSPS) is 12.2. The van der Waals surface area contributed by atoms with E-state index < -0.39 is 0 Å². The van der Waals surface area contributed by atoms with Crippen LogP contribution in [0.5, 0.6) is 0 Å². The second kappa shape index (κ2) is 8.65. The summed E-state index contributed by atoms with van der Waals surface area (Å²) in [4.78, 5) is 16.5. The molecule has 1 N–H and O–H groups in total. The van der Waals surface area contributed by atoms with Gasteiger partial charge in [0.25, 0.3) is 0 Å². The summed E-state index contributed by atoms with van der Waals surface area (Å²) in [5, 5.41) is 2.37. The van der Waals surface area contributed by atoms with Gasteiger partial charge in [0.2, 0.25) is 0 Å². The minimum Gasteiger partial charge on any atom is -0.353 e. The number of aromatic amines is 1. The number of para-hydroxylation sites is 3. The van der Waals surface area contributed by atoms with Crippen molar-refractivity contribution in [1.29, 1.82) is 0 Å².